The molecule has 296 valence electrons. The predicted molar refractivity (Wildman–Crippen MR) is 211 cm³/mol. The lowest BCUT2D eigenvalue weighted by molar-refractivity contribution is -0.904. The van der Waals surface area contributed by atoms with Gasteiger partial charge in [-0.05, 0) is 90.4 Å². The molecular formula is C44H43Cl2N3O8. The maximum absolute atomic E-state index is 13.4. The van der Waals surface area contributed by atoms with Crippen molar-refractivity contribution >= 4 is 35.3 Å². The monoisotopic (exact) mass is 811 g/mol. The first-order valence-corrected chi connectivity index (χ1v) is 19.5. The zero-order valence-electron chi connectivity index (χ0n) is 31.5. The second kappa shape index (κ2) is 17.8. The van der Waals surface area contributed by atoms with Crippen molar-refractivity contribution in [1.29, 1.82) is 0 Å². The number of methoxy groups -OCH3 is 2. The number of pyridine rings is 1. The molecule has 0 unspecified atom stereocenters. The van der Waals surface area contributed by atoms with Crippen molar-refractivity contribution < 1.29 is 43.6 Å². The fourth-order valence-electron chi connectivity index (χ4n) is 8.01. The number of carboxylic acid groups (broad SMARTS) is 1. The number of hydrogen-bond donors (Lipinski definition) is 2. The van der Waals surface area contributed by atoms with E-state index in [1.165, 1.54) is 32.7 Å². The van der Waals surface area contributed by atoms with E-state index in [0.29, 0.717) is 45.4 Å². The smallest absolute Gasteiger partial charge is 0.408 e. The van der Waals surface area contributed by atoms with Crippen LogP contribution in [-0.4, -0.2) is 62.1 Å². The van der Waals surface area contributed by atoms with Crippen molar-refractivity contribution in [2.45, 2.75) is 43.9 Å². The third-order valence-corrected chi connectivity index (χ3v) is 11.5. The molecule has 1 aromatic heterocycles. The van der Waals surface area contributed by atoms with Gasteiger partial charge in [0.1, 0.15) is 28.5 Å². The van der Waals surface area contributed by atoms with E-state index in [9.17, 15) is 19.9 Å². The molecule has 3 aliphatic rings. The summed E-state index contributed by atoms with van der Waals surface area (Å²) < 4.78 is 24.3. The Hall–Kier alpha value is -5.49. The zero-order valence-corrected chi connectivity index (χ0v) is 33.0. The van der Waals surface area contributed by atoms with Crippen LogP contribution in [-0.2, 0) is 17.8 Å². The van der Waals surface area contributed by atoms with Crippen molar-refractivity contribution in [2.75, 3.05) is 33.9 Å². The summed E-state index contributed by atoms with van der Waals surface area (Å²) in [6, 6.07) is 26.8. The van der Waals surface area contributed by atoms with Gasteiger partial charge in [-0.3, -0.25) is 10.1 Å². The Labute approximate surface area is 341 Å². The Balaban J connectivity index is 1.21. The number of alkyl carbamates (subject to hydrolysis) is 1. The number of aromatic carboxylic acids is 1. The molecule has 2 N–H and O–H groups in total. The van der Waals surface area contributed by atoms with Gasteiger partial charge in [0.05, 0.1) is 26.2 Å². The number of carbonyl (C=O) groups is 2. The quantitative estimate of drug-likeness (QED) is 0.0922. The number of hydrogen-bond acceptors (Lipinski definition) is 9. The third-order valence-electron chi connectivity index (χ3n) is 10.9. The average molecular weight is 813 g/mol. The summed E-state index contributed by atoms with van der Waals surface area (Å²) in [5.74, 6) is -0.247. The molecule has 0 aliphatic carbocycles. The highest BCUT2D eigenvalue weighted by molar-refractivity contribution is 6.35. The van der Waals surface area contributed by atoms with Gasteiger partial charge in [-0.25, -0.2) is 4.79 Å². The number of fused-ring (bicyclic) bond motifs is 3. The van der Waals surface area contributed by atoms with Gasteiger partial charge in [-0.15, -0.1) is 0 Å². The molecule has 5 aromatic rings. The molecule has 3 saturated heterocycles. The number of piperidine rings is 3. The van der Waals surface area contributed by atoms with Crippen molar-refractivity contribution in [3.05, 3.63) is 152 Å². The number of halogens is 2. The molecule has 4 heterocycles. The number of aromatic nitrogens is 1. The van der Waals surface area contributed by atoms with Crippen LogP contribution in [0, 0.1) is 5.92 Å². The van der Waals surface area contributed by atoms with E-state index in [1.54, 1.807) is 30.3 Å². The summed E-state index contributed by atoms with van der Waals surface area (Å²) in [6.07, 6.45) is 4.19. The van der Waals surface area contributed by atoms with E-state index in [4.69, 9.17) is 42.1 Å². The first-order chi connectivity index (χ1) is 27.6. The highest BCUT2D eigenvalue weighted by Crippen LogP contribution is 2.40. The fraction of sp³-hybridized carbons (Fsp3) is 0.295. The second-order valence-electron chi connectivity index (χ2n) is 14.3. The van der Waals surface area contributed by atoms with Crippen molar-refractivity contribution in [3.8, 4) is 17.2 Å². The Bertz CT molecular complexity index is 2210. The maximum Gasteiger partial charge on any atom is 0.408 e. The Morgan fingerprint density at radius 1 is 0.877 bits per heavy atom. The van der Waals surface area contributed by atoms with Crippen LogP contribution in [0.25, 0.3) is 0 Å². The summed E-state index contributed by atoms with van der Waals surface area (Å²) in [6.45, 7) is 2.81. The minimum absolute atomic E-state index is 0.0262. The molecule has 3 fully saturated rings. The van der Waals surface area contributed by atoms with Gasteiger partial charge in [0, 0.05) is 28.3 Å². The number of rotatable bonds is 14. The Morgan fingerprint density at radius 3 is 2.25 bits per heavy atom. The van der Waals surface area contributed by atoms with E-state index >= 15 is 0 Å². The normalized spacial score (nSPS) is 18.3. The lowest BCUT2D eigenvalue weighted by atomic mass is 9.81. The van der Waals surface area contributed by atoms with Crippen molar-refractivity contribution in [2.24, 2.45) is 5.92 Å². The van der Waals surface area contributed by atoms with Crippen LogP contribution in [0.5, 0.6) is 17.2 Å². The molecule has 11 nitrogen and oxygen atoms in total. The number of carboxylic acids is 1. The molecule has 3 atom stereocenters. The minimum Gasteiger partial charge on any atom is -0.545 e. The predicted octanol–water partition coefficient (Wildman–Crippen LogP) is 6.76. The molecule has 2 bridgehead atoms. The molecular weight excluding hydrogens is 769 g/mol. The Kier molecular flexibility index (Phi) is 12.4. The first-order valence-electron chi connectivity index (χ1n) is 18.7. The molecule has 13 heteroatoms. The lowest BCUT2D eigenvalue weighted by Gasteiger charge is -2.43. The number of benzene rings is 4. The summed E-state index contributed by atoms with van der Waals surface area (Å²) in [7, 11) is 3.05. The number of carbonyl (C=O) groups excluding carboxylic acids is 2. The van der Waals surface area contributed by atoms with E-state index < -0.39 is 24.0 Å². The van der Waals surface area contributed by atoms with Gasteiger partial charge in [-0.1, -0.05) is 89.9 Å². The van der Waals surface area contributed by atoms with Crippen molar-refractivity contribution in [1.82, 2.24) is 10.2 Å². The van der Waals surface area contributed by atoms with Gasteiger partial charge in [0.2, 0.25) is 12.4 Å². The minimum atomic E-state index is -1.38. The topological polar surface area (TPSA) is 134 Å². The van der Waals surface area contributed by atoms with Crippen LogP contribution in [0.15, 0.2) is 103 Å². The van der Waals surface area contributed by atoms with Gasteiger partial charge < -0.3 is 34.2 Å². The fourth-order valence-corrected chi connectivity index (χ4v) is 8.61. The SMILES string of the molecule is COc1ccc([C@H](Cc2c(Cl)c[n+](O)cc2Cl)c2c(COc3cccc([C@@H](NC(=O)O[C@H]4CN5CCC4CC5)c4ccccc4)c3)cccc2C(=O)[O-])cc1OC. The van der Waals surface area contributed by atoms with Crippen LogP contribution in [0.1, 0.15) is 68.5 Å². The van der Waals surface area contributed by atoms with E-state index in [1.807, 2.05) is 54.6 Å². The molecule has 57 heavy (non-hydrogen) atoms. The molecule has 4 aromatic carbocycles. The largest absolute Gasteiger partial charge is 0.545 e. The lowest BCUT2D eigenvalue weighted by Crippen LogP contribution is -2.52. The van der Waals surface area contributed by atoms with E-state index in [2.05, 4.69) is 10.2 Å². The highest BCUT2D eigenvalue weighted by Gasteiger charge is 2.37. The summed E-state index contributed by atoms with van der Waals surface area (Å²) in [4.78, 5) is 28.6. The highest BCUT2D eigenvalue weighted by atomic mass is 35.5. The number of amides is 1. The molecule has 8 rings (SSSR count). The van der Waals surface area contributed by atoms with Crippen LogP contribution >= 0.6 is 23.2 Å². The van der Waals surface area contributed by atoms with Gasteiger partial charge in [0.15, 0.2) is 11.5 Å². The zero-order chi connectivity index (χ0) is 40.1. The van der Waals surface area contributed by atoms with Crippen molar-refractivity contribution in [3.63, 3.8) is 0 Å². The average Bonchev–Trinajstić information content (AvgIpc) is 3.22. The molecule has 0 radical (unpaired) electrons. The van der Waals surface area contributed by atoms with Gasteiger partial charge in [0.25, 0.3) is 0 Å². The molecule has 0 spiro atoms. The van der Waals surface area contributed by atoms with Crippen LogP contribution in [0.3, 0.4) is 0 Å². The number of nitrogens with zero attached hydrogens (tertiary/aromatic N) is 2. The maximum atomic E-state index is 13.4. The third kappa shape index (κ3) is 9.06. The summed E-state index contributed by atoms with van der Waals surface area (Å²) >= 11 is 13.2. The summed E-state index contributed by atoms with van der Waals surface area (Å²) in [5.41, 5.74) is 3.76. The van der Waals surface area contributed by atoms with E-state index in [-0.39, 0.29) is 34.7 Å². The number of ether oxygens (including phenoxy) is 4. The second-order valence-corrected chi connectivity index (χ2v) is 15.1. The first kappa shape index (κ1) is 39.7. The summed E-state index contributed by atoms with van der Waals surface area (Å²) in [5, 5.41) is 26.4. The van der Waals surface area contributed by atoms with Crippen LogP contribution < -0.4 is 29.4 Å². The standard InChI is InChI=1S/C44H43Cl2N3O8/c1-54-38-15-14-29(21-39(38)55-2)34(22-35-36(45)23-49(53)24-37(35)46)41-31(11-7-13-33(41)43(50)51)26-56-32-12-6-10-30(20-32)42(28-8-4-3-5-9-28)47-44(52)57-40-25-48-18-16-27(40)17-19-48/h3-15,20-21,23-24,27,34,40,42H,16-19,22,25-26H2,1-2H3,(H2-,47,50,51,52,53)/t34-,40-,42-/m0/s1. The van der Waals surface area contributed by atoms with Gasteiger partial charge in [-0.2, -0.15) is 0 Å². The van der Waals surface area contributed by atoms with Crippen LogP contribution in [0.2, 0.25) is 10.0 Å². The molecule has 3 aliphatic heterocycles. The number of nitrogens with one attached hydrogen (secondary N) is 1. The molecule has 1 amide bonds. The van der Waals surface area contributed by atoms with E-state index in [0.717, 1.165) is 48.3 Å². The van der Waals surface area contributed by atoms with Crippen LogP contribution in [0.4, 0.5) is 4.79 Å². The molecule has 0 saturated carbocycles. The van der Waals surface area contributed by atoms with Gasteiger partial charge >= 0.3 is 6.09 Å². The Morgan fingerprint density at radius 2 is 1.58 bits per heavy atom.